The Morgan fingerprint density at radius 3 is 2.69 bits per heavy atom. The smallest absolute Gasteiger partial charge is 0.314 e. The van der Waals surface area contributed by atoms with Gasteiger partial charge in [0.1, 0.15) is 17.1 Å². The number of esters is 1. The number of nitrogens with zero attached hydrogens (tertiary/aromatic N) is 2. The molecule has 4 rings (SSSR count). The van der Waals surface area contributed by atoms with E-state index in [1.165, 1.54) is 24.8 Å². The van der Waals surface area contributed by atoms with Crippen LogP contribution in [0.1, 0.15) is 123 Å². The van der Waals surface area contributed by atoms with Gasteiger partial charge in [-0.25, -0.2) is 0 Å². The number of benzene rings is 1. The minimum absolute atomic E-state index is 0.127. The Kier molecular flexibility index (Phi) is 9.48. The Bertz CT molecular complexity index is 1090. The van der Waals surface area contributed by atoms with Crippen LogP contribution in [0.5, 0.6) is 11.5 Å². The van der Waals surface area contributed by atoms with Crippen molar-refractivity contribution in [1.29, 1.82) is 5.26 Å². The maximum Gasteiger partial charge on any atom is 0.314 e. The quantitative estimate of drug-likeness (QED) is 0.131. The summed E-state index contributed by atoms with van der Waals surface area (Å²) in [6.45, 7) is 16.4. The van der Waals surface area contributed by atoms with Crippen molar-refractivity contribution in [2.45, 2.75) is 123 Å². The van der Waals surface area contributed by atoms with Crippen LogP contribution in [0, 0.1) is 23.2 Å². The summed E-state index contributed by atoms with van der Waals surface area (Å²) in [5, 5.41) is 8.96. The molecule has 0 aromatic heterocycles. The standard InChI is InChI=1S/C34H50N2O3/c1-24-13-14-28-27(21-24)31-29(38-32(37)25(2)15-20-36-18-11-8-12-19-36)22-26(23-30(31)39-34(28,5)6)33(3,4)16-9-7-10-17-35/h13,22-23,25,27-28H,7-12,14-16,18-21H2,1-6H3/t25?,27-,28-/m1/s1. The lowest BCUT2D eigenvalue weighted by Crippen LogP contribution is -2.45. The van der Waals surface area contributed by atoms with Crippen LogP contribution in [0.25, 0.3) is 0 Å². The number of allylic oxidation sites excluding steroid dienone is 2. The predicted octanol–water partition coefficient (Wildman–Crippen LogP) is 8.08. The van der Waals surface area contributed by atoms with Gasteiger partial charge in [-0.15, -0.1) is 0 Å². The summed E-state index contributed by atoms with van der Waals surface area (Å²) in [7, 11) is 0. The van der Waals surface area contributed by atoms with Crippen molar-refractivity contribution in [1.82, 2.24) is 4.90 Å². The first-order valence-corrected chi connectivity index (χ1v) is 15.4. The van der Waals surface area contributed by atoms with Gasteiger partial charge in [0.05, 0.1) is 12.0 Å². The SMILES string of the molecule is CC1=CC[C@@H]2[C@@H](C1)c1c(OC(=O)C(C)CCN3CCCCC3)cc(C(C)(C)CCCCC#N)cc1OC2(C)C. The second kappa shape index (κ2) is 12.5. The van der Waals surface area contributed by atoms with Crippen LogP contribution in [0.2, 0.25) is 0 Å². The van der Waals surface area contributed by atoms with Crippen molar-refractivity contribution < 1.29 is 14.3 Å². The first-order valence-electron chi connectivity index (χ1n) is 15.4. The van der Waals surface area contributed by atoms with Crippen LogP contribution in [0.15, 0.2) is 23.8 Å². The van der Waals surface area contributed by atoms with E-state index in [2.05, 4.69) is 63.8 Å². The summed E-state index contributed by atoms with van der Waals surface area (Å²) < 4.78 is 13.1. The molecule has 1 aromatic carbocycles. The van der Waals surface area contributed by atoms with Crippen LogP contribution in [0.3, 0.4) is 0 Å². The molecule has 0 N–H and O–H groups in total. The number of fused-ring (bicyclic) bond motifs is 3. The van der Waals surface area contributed by atoms with Crippen LogP contribution in [0.4, 0.5) is 0 Å². The monoisotopic (exact) mass is 534 g/mol. The highest BCUT2D eigenvalue weighted by molar-refractivity contribution is 5.76. The van der Waals surface area contributed by atoms with Crippen LogP contribution in [-0.2, 0) is 10.2 Å². The van der Waals surface area contributed by atoms with E-state index in [4.69, 9.17) is 14.7 Å². The summed E-state index contributed by atoms with van der Waals surface area (Å²) in [5.74, 6) is 1.89. The zero-order valence-corrected chi connectivity index (χ0v) is 25.3. The average Bonchev–Trinajstić information content (AvgIpc) is 2.89. The fourth-order valence-electron chi connectivity index (χ4n) is 6.82. The predicted molar refractivity (Wildman–Crippen MR) is 157 cm³/mol. The summed E-state index contributed by atoms with van der Waals surface area (Å²) in [4.78, 5) is 16.0. The molecule has 1 unspecified atom stereocenters. The van der Waals surface area contributed by atoms with E-state index in [-0.39, 0.29) is 28.8 Å². The third-order valence-corrected chi connectivity index (χ3v) is 9.55. The number of carbonyl (C=O) groups excluding carboxylic acids is 1. The number of nitriles is 1. The number of ether oxygens (including phenoxy) is 2. The topological polar surface area (TPSA) is 62.6 Å². The zero-order chi connectivity index (χ0) is 28.2. The van der Waals surface area contributed by atoms with Gasteiger partial charge in [-0.3, -0.25) is 4.79 Å². The van der Waals surface area contributed by atoms with Crippen molar-refractivity contribution in [2.24, 2.45) is 11.8 Å². The Labute approximate surface area is 236 Å². The minimum Gasteiger partial charge on any atom is -0.487 e. The fourth-order valence-corrected chi connectivity index (χ4v) is 6.82. The van der Waals surface area contributed by atoms with Crippen molar-refractivity contribution in [3.63, 3.8) is 0 Å². The van der Waals surface area contributed by atoms with Gasteiger partial charge in [-0.2, -0.15) is 5.26 Å². The third-order valence-electron chi connectivity index (χ3n) is 9.55. The molecule has 214 valence electrons. The Hall–Kier alpha value is -2.32. The van der Waals surface area contributed by atoms with E-state index in [0.717, 1.165) is 75.0 Å². The first-order chi connectivity index (χ1) is 18.5. The number of hydrogen-bond acceptors (Lipinski definition) is 5. The summed E-state index contributed by atoms with van der Waals surface area (Å²) >= 11 is 0. The molecule has 1 saturated heterocycles. The highest BCUT2D eigenvalue weighted by Crippen LogP contribution is 2.55. The maximum atomic E-state index is 13.5. The molecule has 2 heterocycles. The Balaban J connectivity index is 1.63. The molecule has 1 fully saturated rings. The minimum atomic E-state index is -0.298. The molecule has 0 radical (unpaired) electrons. The maximum absolute atomic E-state index is 13.5. The Morgan fingerprint density at radius 2 is 1.97 bits per heavy atom. The number of likely N-dealkylation sites (tertiary alicyclic amines) is 1. The van der Waals surface area contributed by atoms with Crippen molar-refractivity contribution in [3.8, 4) is 17.6 Å². The summed E-state index contributed by atoms with van der Waals surface area (Å²) in [6, 6.07) is 6.60. The van der Waals surface area contributed by atoms with E-state index in [0.29, 0.717) is 18.1 Å². The van der Waals surface area contributed by atoms with Gasteiger partial charge >= 0.3 is 5.97 Å². The number of rotatable bonds is 10. The summed E-state index contributed by atoms with van der Waals surface area (Å²) in [6.07, 6.45) is 12.4. The molecular formula is C34H50N2O3. The number of carbonyl (C=O) groups is 1. The second-order valence-corrected chi connectivity index (χ2v) is 13.6. The number of piperidine rings is 1. The largest absolute Gasteiger partial charge is 0.487 e. The lowest BCUT2D eigenvalue weighted by Gasteiger charge is -2.47. The van der Waals surface area contributed by atoms with E-state index >= 15 is 0 Å². The molecule has 3 atom stereocenters. The van der Waals surface area contributed by atoms with Gasteiger partial charge in [0.25, 0.3) is 0 Å². The van der Waals surface area contributed by atoms with Crippen molar-refractivity contribution in [3.05, 3.63) is 34.9 Å². The van der Waals surface area contributed by atoms with Gasteiger partial charge in [-0.05, 0) is 108 Å². The van der Waals surface area contributed by atoms with E-state index in [1.807, 2.05) is 6.92 Å². The molecule has 5 nitrogen and oxygen atoms in total. The molecule has 0 spiro atoms. The second-order valence-electron chi connectivity index (χ2n) is 13.6. The third kappa shape index (κ3) is 7.07. The molecular weight excluding hydrogens is 484 g/mol. The molecule has 39 heavy (non-hydrogen) atoms. The van der Waals surface area contributed by atoms with Gasteiger partial charge in [0.15, 0.2) is 0 Å². The van der Waals surface area contributed by atoms with E-state index < -0.39 is 0 Å². The highest BCUT2D eigenvalue weighted by Gasteiger charge is 2.46. The lowest BCUT2D eigenvalue weighted by molar-refractivity contribution is -0.138. The Morgan fingerprint density at radius 1 is 1.23 bits per heavy atom. The zero-order valence-electron chi connectivity index (χ0n) is 25.3. The van der Waals surface area contributed by atoms with Crippen LogP contribution in [-0.4, -0.2) is 36.1 Å². The molecule has 0 saturated carbocycles. The number of unbranched alkanes of at least 4 members (excludes halogenated alkanes) is 2. The molecule has 1 aromatic rings. The van der Waals surface area contributed by atoms with Crippen LogP contribution < -0.4 is 9.47 Å². The van der Waals surface area contributed by atoms with Crippen molar-refractivity contribution >= 4 is 5.97 Å². The molecule has 0 bridgehead atoms. The fraction of sp³-hybridized carbons (Fsp3) is 0.706. The van der Waals surface area contributed by atoms with Gasteiger partial charge in [0, 0.05) is 23.8 Å². The molecule has 2 aliphatic heterocycles. The molecule has 5 heteroatoms. The summed E-state index contributed by atoms with van der Waals surface area (Å²) in [5.41, 5.74) is 3.19. The molecule has 0 amide bonds. The van der Waals surface area contributed by atoms with Crippen molar-refractivity contribution in [2.75, 3.05) is 19.6 Å². The average molecular weight is 535 g/mol. The lowest BCUT2D eigenvalue weighted by atomic mass is 9.66. The molecule has 3 aliphatic rings. The highest BCUT2D eigenvalue weighted by atomic mass is 16.5. The van der Waals surface area contributed by atoms with E-state index in [1.54, 1.807) is 0 Å². The van der Waals surface area contributed by atoms with Gasteiger partial charge in [0.2, 0.25) is 0 Å². The van der Waals surface area contributed by atoms with E-state index in [9.17, 15) is 4.79 Å². The van der Waals surface area contributed by atoms with Gasteiger partial charge < -0.3 is 14.4 Å². The first kappa shape index (κ1) is 29.7. The normalized spacial score (nSPS) is 23.5. The number of hydrogen-bond donors (Lipinski definition) is 0. The van der Waals surface area contributed by atoms with Crippen LogP contribution >= 0.6 is 0 Å². The van der Waals surface area contributed by atoms with Gasteiger partial charge in [-0.1, -0.05) is 45.3 Å². The molecule has 1 aliphatic carbocycles.